The highest BCUT2D eigenvalue weighted by atomic mass is 32.2. The molecule has 1 fully saturated rings. The molecule has 1 aliphatic heterocycles. The van der Waals surface area contributed by atoms with Gasteiger partial charge in [-0.15, -0.1) is 22.7 Å². The first kappa shape index (κ1) is 21.9. The maximum absolute atomic E-state index is 12.8. The lowest BCUT2D eigenvalue weighted by atomic mass is 10.1. The maximum atomic E-state index is 12.8. The summed E-state index contributed by atoms with van der Waals surface area (Å²) < 4.78 is 31.7. The molecule has 1 amide bonds. The summed E-state index contributed by atoms with van der Waals surface area (Å²) in [6.45, 7) is 5.19. The standard InChI is InChI=1S/C18H23N3O5S3/c1-12(2)8-15-19-14(11-27-15)17(22)20-4-6-21(7-5-20)29(24,25)16-9-13(10-28-16)18(23)26-3/h9-12H,4-8H2,1-3H3. The van der Waals surface area contributed by atoms with Crippen LogP contribution in [-0.4, -0.2) is 67.8 Å². The van der Waals surface area contributed by atoms with Crippen LogP contribution in [0.5, 0.6) is 0 Å². The largest absolute Gasteiger partial charge is 0.465 e. The molecule has 0 aromatic carbocycles. The fourth-order valence-electron chi connectivity index (χ4n) is 2.95. The predicted octanol–water partition coefficient (Wildman–Crippen LogP) is 2.34. The van der Waals surface area contributed by atoms with E-state index in [4.69, 9.17) is 0 Å². The smallest absolute Gasteiger partial charge is 0.338 e. The Morgan fingerprint density at radius 3 is 2.48 bits per heavy atom. The van der Waals surface area contributed by atoms with Gasteiger partial charge in [-0.05, 0) is 12.0 Å². The number of sulfonamides is 1. The number of aromatic nitrogens is 1. The number of piperazine rings is 1. The normalized spacial score (nSPS) is 15.7. The summed E-state index contributed by atoms with van der Waals surface area (Å²) in [4.78, 5) is 30.3. The molecule has 0 saturated carbocycles. The van der Waals surface area contributed by atoms with E-state index in [-0.39, 0.29) is 28.8 Å². The van der Waals surface area contributed by atoms with Crippen molar-refractivity contribution in [2.24, 2.45) is 5.92 Å². The van der Waals surface area contributed by atoms with Gasteiger partial charge < -0.3 is 9.64 Å². The first-order chi connectivity index (χ1) is 13.7. The van der Waals surface area contributed by atoms with Crippen LogP contribution in [0.3, 0.4) is 0 Å². The average molecular weight is 458 g/mol. The van der Waals surface area contributed by atoms with Crippen LogP contribution in [0.4, 0.5) is 0 Å². The number of esters is 1. The summed E-state index contributed by atoms with van der Waals surface area (Å²) in [5.41, 5.74) is 0.633. The summed E-state index contributed by atoms with van der Waals surface area (Å²) in [6, 6.07) is 1.33. The molecule has 1 saturated heterocycles. The lowest BCUT2D eigenvalue weighted by Crippen LogP contribution is -2.50. The van der Waals surface area contributed by atoms with Crippen LogP contribution < -0.4 is 0 Å². The van der Waals surface area contributed by atoms with Gasteiger partial charge >= 0.3 is 5.97 Å². The van der Waals surface area contributed by atoms with Crippen molar-refractivity contribution in [1.29, 1.82) is 0 Å². The second-order valence-corrected chi connectivity index (χ2v) is 11.1. The summed E-state index contributed by atoms with van der Waals surface area (Å²) in [5, 5.41) is 4.17. The van der Waals surface area contributed by atoms with Crippen LogP contribution in [0.2, 0.25) is 0 Å². The van der Waals surface area contributed by atoms with Crippen molar-refractivity contribution in [3.8, 4) is 0 Å². The highest BCUT2D eigenvalue weighted by Gasteiger charge is 2.32. The number of hydrogen-bond acceptors (Lipinski definition) is 8. The van der Waals surface area contributed by atoms with Gasteiger partial charge in [0, 0.05) is 43.4 Å². The van der Waals surface area contributed by atoms with Crippen LogP contribution >= 0.6 is 22.7 Å². The van der Waals surface area contributed by atoms with Crippen molar-refractivity contribution in [3.05, 3.63) is 33.1 Å². The Hall–Kier alpha value is -1.82. The van der Waals surface area contributed by atoms with Crippen molar-refractivity contribution in [1.82, 2.24) is 14.2 Å². The molecule has 0 aliphatic carbocycles. The Morgan fingerprint density at radius 1 is 1.17 bits per heavy atom. The number of rotatable bonds is 6. The minimum atomic E-state index is -3.71. The van der Waals surface area contributed by atoms with Gasteiger partial charge in [0.25, 0.3) is 15.9 Å². The summed E-state index contributed by atoms with van der Waals surface area (Å²) in [7, 11) is -2.46. The fraction of sp³-hybridized carbons (Fsp3) is 0.500. The van der Waals surface area contributed by atoms with E-state index >= 15 is 0 Å². The number of ether oxygens (including phenoxy) is 1. The molecule has 0 radical (unpaired) electrons. The number of carbonyl (C=O) groups excluding carboxylic acids is 2. The zero-order valence-electron chi connectivity index (χ0n) is 16.5. The molecule has 0 spiro atoms. The highest BCUT2D eigenvalue weighted by Crippen LogP contribution is 2.25. The molecule has 2 aromatic rings. The Bertz CT molecular complexity index is 988. The topological polar surface area (TPSA) is 96.9 Å². The van der Waals surface area contributed by atoms with E-state index in [0.717, 1.165) is 22.8 Å². The van der Waals surface area contributed by atoms with Gasteiger partial charge in [0.2, 0.25) is 0 Å². The molecule has 8 nitrogen and oxygen atoms in total. The van der Waals surface area contributed by atoms with Crippen LogP contribution in [0.1, 0.15) is 39.7 Å². The molecule has 0 unspecified atom stereocenters. The van der Waals surface area contributed by atoms with Gasteiger partial charge in [-0.2, -0.15) is 4.31 Å². The number of methoxy groups -OCH3 is 1. The molecule has 0 bridgehead atoms. The minimum Gasteiger partial charge on any atom is -0.465 e. The number of thiazole rings is 1. The summed E-state index contributed by atoms with van der Waals surface area (Å²) in [6.07, 6.45) is 0.832. The van der Waals surface area contributed by atoms with Crippen molar-refractivity contribution >= 4 is 44.6 Å². The van der Waals surface area contributed by atoms with Crippen molar-refractivity contribution in [3.63, 3.8) is 0 Å². The molecule has 0 atom stereocenters. The molecule has 29 heavy (non-hydrogen) atoms. The van der Waals surface area contributed by atoms with E-state index in [2.05, 4.69) is 23.6 Å². The molecule has 3 rings (SSSR count). The van der Waals surface area contributed by atoms with Crippen LogP contribution in [-0.2, 0) is 21.2 Å². The van der Waals surface area contributed by atoms with Crippen LogP contribution in [0.15, 0.2) is 21.0 Å². The Morgan fingerprint density at radius 2 is 1.86 bits per heavy atom. The van der Waals surface area contributed by atoms with Gasteiger partial charge in [0.05, 0.1) is 17.7 Å². The van der Waals surface area contributed by atoms with Gasteiger partial charge in [-0.1, -0.05) is 13.8 Å². The van der Waals surface area contributed by atoms with Crippen LogP contribution in [0, 0.1) is 5.92 Å². The second-order valence-electron chi connectivity index (χ2n) is 7.07. The lowest BCUT2D eigenvalue weighted by molar-refractivity contribution is 0.0600. The number of amides is 1. The molecule has 1 aliphatic rings. The van der Waals surface area contributed by atoms with Crippen molar-refractivity contribution < 1.29 is 22.7 Å². The van der Waals surface area contributed by atoms with E-state index in [1.807, 2.05) is 0 Å². The Kier molecular flexibility index (Phi) is 6.72. The van der Waals surface area contributed by atoms with Gasteiger partial charge in [0.1, 0.15) is 9.90 Å². The molecule has 158 valence electrons. The third-order valence-corrected chi connectivity index (χ3v) is 8.66. The number of carbonyl (C=O) groups is 2. The summed E-state index contributed by atoms with van der Waals surface area (Å²) >= 11 is 2.46. The third kappa shape index (κ3) is 4.85. The monoisotopic (exact) mass is 457 g/mol. The van der Waals surface area contributed by atoms with Crippen molar-refractivity contribution in [2.75, 3.05) is 33.3 Å². The Labute approximate surface area is 178 Å². The third-order valence-electron chi connectivity index (χ3n) is 4.47. The lowest BCUT2D eigenvalue weighted by Gasteiger charge is -2.33. The van der Waals surface area contributed by atoms with E-state index in [0.29, 0.717) is 24.7 Å². The quantitative estimate of drug-likeness (QED) is 0.618. The average Bonchev–Trinajstić information content (AvgIpc) is 3.36. The van der Waals surface area contributed by atoms with Gasteiger partial charge in [-0.3, -0.25) is 4.79 Å². The van der Waals surface area contributed by atoms with E-state index < -0.39 is 16.0 Å². The van der Waals surface area contributed by atoms with Crippen LogP contribution in [0.25, 0.3) is 0 Å². The zero-order valence-corrected chi connectivity index (χ0v) is 18.9. The van der Waals surface area contributed by atoms with E-state index in [1.54, 1.807) is 10.3 Å². The number of nitrogens with zero attached hydrogens (tertiary/aromatic N) is 3. The second kappa shape index (κ2) is 8.90. The highest BCUT2D eigenvalue weighted by molar-refractivity contribution is 7.91. The molecular weight excluding hydrogens is 434 g/mol. The maximum Gasteiger partial charge on any atom is 0.338 e. The van der Waals surface area contributed by atoms with Gasteiger partial charge in [0.15, 0.2) is 0 Å². The van der Waals surface area contributed by atoms with E-state index in [1.165, 1.54) is 34.2 Å². The first-order valence-electron chi connectivity index (χ1n) is 9.13. The molecule has 11 heteroatoms. The minimum absolute atomic E-state index is 0.0931. The van der Waals surface area contributed by atoms with Crippen molar-refractivity contribution in [2.45, 2.75) is 24.5 Å². The summed E-state index contributed by atoms with van der Waals surface area (Å²) in [5.74, 6) is -0.273. The molecule has 0 N–H and O–H groups in total. The van der Waals surface area contributed by atoms with E-state index in [9.17, 15) is 18.0 Å². The first-order valence-corrected chi connectivity index (χ1v) is 12.3. The predicted molar refractivity (Wildman–Crippen MR) is 111 cm³/mol. The molecule has 2 aromatic heterocycles. The SMILES string of the molecule is COC(=O)c1csc(S(=O)(=O)N2CCN(C(=O)c3csc(CC(C)C)n3)CC2)c1. The zero-order chi connectivity index (χ0) is 21.2. The Balaban J connectivity index is 1.63. The fourth-order valence-corrected chi connectivity index (χ4v) is 6.66. The van der Waals surface area contributed by atoms with Gasteiger partial charge in [-0.25, -0.2) is 18.2 Å². The number of thiophene rings is 1. The molecular formula is C18H23N3O5S3. The molecule has 3 heterocycles. The number of hydrogen-bond donors (Lipinski definition) is 0.